The van der Waals surface area contributed by atoms with E-state index in [1.54, 1.807) is 6.20 Å². The second-order valence-electron chi connectivity index (χ2n) is 3.77. The van der Waals surface area contributed by atoms with E-state index in [1.165, 1.54) is 16.7 Å². The van der Waals surface area contributed by atoms with E-state index in [1.807, 2.05) is 30.7 Å². The zero-order chi connectivity index (χ0) is 11.2. The van der Waals surface area contributed by atoms with Crippen molar-refractivity contribution in [2.75, 3.05) is 0 Å². The first-order valence-corrected chi connectivity index (χ1v) is 5.35. The Hall–Kier alpha value is -1.74. The highest BCUT2D eigenvalue weighted by atomic mass is 14.9. The fourth-order valence-electron chi connectivity index (χ4n) is 1.54. The van der Waals surface area contributed by atoms with E-state index in [9.17, 15) is 0 Å². The number of rotatable bonds is 4. The Balaban J connectivity index is 1.87. The predicted molar refractivity (Wildman–Crippen MR) is 63.8 cm³/mol. The third kappa shape index (κ3) is 2.87. The third-order valence-electron chi connectivity index (χ3n) is 2.50. The van der Waals surface area contributed by atoms with Crippen LogP contribution >= 0.6 is 0 Å². The minimum atomic E-state index is 0.843. The molecule has 0 fully saturated rings. The Morgan fingerprint density at radius 2 is 1.94 bits per heavy atom. The summed E-state index contributed by atoms with van der Waals surface area (Å²) in [6, 6.07) is 6.07. The largest absolute Gasteiger partial charge is 0.309 e. The van der Waals surface area contributed by atoms with Crippen molar-refractivity contribution in [1.82, 2.24) is 15.3 Å². The van der Waals surface area contributed by atoms with Gasteiger partial charge in [-0.1, -0.05) is 6.07 Å². The van der Waals surface area contributed by atoms with E-state index in [2.05, 4.69) is 28.3 Å². The number of hydrogen-bond acceptors (Lipinski definition) is 3. The molecule has 0 aromatic carbocycles. The van der Waals surface area contributed by atoms with E-state index in [-0.39, 0.29) is 0 Å². The maximum atomic E-state index is 4.08. The van der Waals surface area contributed by atoms with Crippen LogP contribution in [0.25, 0.3) is 0 Å². The molecule has 3 nitrogen and oxygen atoms in total. The topological polar surface area (TPSA) is 37.8 Å². The summed E-state index contributed by atoms with van der Waals surface area (Å²) in [4.78, 5) is 8.15. The Kier molecular flexibility index (Phi) is 3.62. The summed E-state index contributed by atoms with van der Waals surface area (Å²) in [5, 5.41) is 3.39. The lowest BCUT2D eigenvalue weighted by Crippen LogP contribution is -2.13. The van der Waals surface area contributed by atoms with Crippen molar-refractivity contribution in [3.8, 4) is 0 Å². The van der Waals surface area contributed by atoms with Crippen LogP contribution in [-0.2, 0) is 13.1 Å². The first kappa shape index (κ1) is 10.8. The third-order valence-corrected chi connectivity index (χ3v) is 2.50. The predicted octanol–water partition coefficient (Wildman–Crippen LogP) is 2.07. The zero-order valence-corrected chi connectivity index (χ0v) is 9.35. The van der Waals surface area contributed by atoms with Gasteiger partial charge in [0.2, 0.25) is 0 Å². The molecule has 0 radical (unpaired) electrons. The number of aromatic nitrogens is 2. The van der Waals surface area contributed by atoms with E-state index in [0.717, 1.165) is 13.1 Å². The SMILES string of the molecule is Cc1cnccc1CNCc1cccnc1. The molecule has 2 aromatic rings. The molecule has 82 valence electrons. The van der Waals surface area contributed by atoms with Crippen LogP contribution in [0.3, 0.4) is 0 Å². The highest BCUT2D eigenvalue weighted by molar-refractivity contribution is 5.21. The zero-order valence-electron chi connectivity index (χ0n) is 9.35. The van der Waals surface area contributed by atoms with Gasteiger partial charge in [-0.2, -0.15) is 0 Å². The first-order chi connectivity index (χ1) is 7.86. The van der Waals surface area contributed by atoms with Crippen molar-refractivity contribution >= 4 is 0 Å². The van der Waals surface area contributed by atoms with E-state index < -0.39 is 0 Å². The number of aryl methyl sites for hydroxylation is 1. The lowest BCUT2D eigenvalue weighted by molar-refractivity contribution is 0.688. The van der Waals surface area contributed by atoms with Gasteiger partial charge in [0.05, 0.1) is 0 Å². The summed E-state index contributed by atoms with van der Waals surface area (Å²) in [5.41, 5.74) is 3.72. The lowest BCUT2D eigenvalue weighted by Gasteiger charge is -2.06. The molecule has 0 aliphatic rings. The molecule has 0 amide bonds. The first-order valence-electron chi connectivity index (χ1n) is 5.35. The van der Waals surface area contributed by atoms with Gasteiger partial charge in [-0.15, -0.1) is 0 Å². The maximum absolute atomic E-state index is 4.08. The Labute approximate surface area is 95.6 Å². The van der Waals surface area contributed by atoms with Crippen molar-refractivity contribution in [3.63, 3.8) is 0 Å². The summed E-state index contributed by atoms with van der Waals surface area (Å²) < 4.78 is 0. The van der Waals surface area contributed by atoms with Crippen LogP contribution in [-0.4, -0.2) is 9.97 Å². The molecule has 0 aliphatic heterocycles. The van der Waals surface area contributed by atoms with Crippen molar-refractivity contribution in [2.24, 2.45) is 0 Å². The van der Waals surface area contributed by atoms with Crippen LogP contribution in [0.1, 0.15) is 16.7 Å². The smallest absolute Gasteiger partial charge is 0.0312 e. The lowest BCUT2D eigenvalue weighted by atomic mass is 10.1. The van der Waals surface area contributed by atoms with Gasteiger partial charge in [-0.05, 0) is 35.7 Å². The van der Waals surface area contributed by atoms with Gasteiger partial charge in [0, 0.05) is 37.9 Å². The molecule has 0 saturated carbocycles. The quantitative estimate of drug-likeness (QED) is 0.845. The van der Waals surface area contributed by atoms with Gasteiger partial charge in [-0.25, -0.2) is 0 Å². The Bertz CT molecular complexity index is 440. The van der Waals surface area contributed by atoms with Crippen LogP contribution in [0.4, 0.5) is 0 Å². The molecular weight excluding hydrogens is 198 g/mol. The number of nitrogens with one attached hydrogen (secondary N) is 1. The molecule has 16 heavy (non-hydrogen) atoms. The minimum Gasteiger partial charge on any atom is -0.309 e. The maximum Gasteiger partial charge on any atom is 0.0312 e. The molecule has 2 heterocycles. The molecule has 0 unspecified atom stereocenters. The molecule has 0 bridgehead atoms. The summed E-state index contributed by atoms with van der Waals surface area (Å²) in [6.07, 6.45) is 7.39. The summed E-state index contributed by atoms with van der Waals surface area (Å²) in [6.45, 7) is 3.78. The fourth-order valence-corrected chi connectivity index (χ4v) is 1.54. The van der Waals surface area contributed by atoms with Crippen LogP contribution in [0.15, 0.2) is 43.0 Å². The number of pyridine rings is 2. The monoisotopic (exact) mass is 213 g/mol. The highest BCUT2D eigenvalue weighted by Gasteiger charge is 1.97. The molecule has 2 aromatic heterocycles. The summed E-state index contributed by atoms with van der Waals surface area (Å²) in [7, 11) is 0. The van der Waals surface area contributed by atoms with E-state index in [0.29, 0.717) is 0 Å². The standard InChI is InChI=1S/C13H15N3/c1-11-7-15-6-4-13(11)10-16-9-12-3-2-5-14-8-12/h2-8,16H,9-10H2,1H3. The van der Waals surface area contributed by atoms with Crippen molar-refractivity contribution in [1.29, 1.82) is 0 Å². The average Bonchev–Trinajstić information content (AvgIpc) is 2.33. The van der Waals surface area contributed by atoms with Crippen LogP contribution < -0.4 is 5.32 Å². The Morgan fingerprint density at radius 3 is 2.69 bits per heavy atom. The molecule has 0 aliphatic carbocycles. The van der Waals surface area contributed by atoms with Crippen LogP contribution in [0.5, 0.6) is 0 Å². The van der Waals surface area contributed by atoms with Crippen LogP contribution in [0.2, 0.25) is 0 Å². The molecule has 0 saturated heterocycles. The van der Waals surface area contributed by atoms with Crippen molar-refractivity contribution in [2.45, 2.75) is 20.0 Å². The van der Waals surface area contributed by atoms with Gasteiger partial charge in [0.15, 0.2) is 0 Å². The second kappa shape index (κ2) is 5.37. The minimum absolute atomic E-state index is 0.843. The molecule has 1 N–H and O–H groups in total. The number of hydrogen-bond donors (Lipinski definition) is 1. The average molecular weight is 213 g/mol. The summed E-state index contributed by atoms with van der Waals surface area (Å²) >= 11 is 0. The Morgan fingerprint density at radius 1 is 1.06 bits per heavy atom. The van der Waals surface area contributed by atoms with Gasteiger partial charge in [0.1, 0.15) is 0 Å². The van der Waals surface area contributed by atoms with Crippen molar-refractivity contribution in [3.05, 3.63) is 59.7 Å². The molecule has 2 rings (SSSR count). The normalized spacial score (nSPS) is 10.3. The van der Waals surface area contributed by atoms with E-state index in [4.69, 9.17) is 0 Å². The molecule has 0 atom stereocenters. The number of nitrogens with zero attached hydrogens (tertiary/aromatic N) is 2. The van der Waals surface area contributed by atoms with Gasteiger partial charge in [-0.3, -0.25) is 9.97 Å². The molecule has 3 heteroatoms. The van der Waals surface area contributed by atoms with E-state index >= 15 is 0 Å². The highest BCUT2D eigenvalue weighted by Crippen LogP contribution is 2.04. The van der Waals surface area contributed by atoms with Gasteiger partial charge < -0.3 is 5.32 Å². The summed E-state index contributed by atoms with van der Waals surface area (Å²) in [5.74, 6) is 0. The van der Waals surface area contributed by atoms with Gasteiger partial charge in [0.25, 0.3) is 0 Å². The van der Waals surface area contributed by atoms with Gasteiger partial charge >= 0.3 is 0 Å². The molecule has 0 spiro atoms. The van der Waals surface area contributed by atoms with Crippen LogP contribution in [0, 0.1) is 6.92 Å². The second-order valence-corrected chi connectivity index (χ2v) is 3.77. The molecular formula is C13H15N3. The fraction of sp³-hybridized carbons (Fsp3) is 0.231. The van der Waals surface area contributed by atoms with Crippen molar-refractivity contribution < 1.29 is 0 Å².